The van der Waals surface area contributed by atoms with Crippen molar-refractivity contribution in [2.45, 2.75) is 6.42 Å². The Hall–Kier alpha value is -1.70. The standard InChI is InChI=1S/C16H23N3O3S/c1-21-15(20)13-3-5-14(6-4-13)18-16(23)17-7-2-8-19-9-11-22-12-10-19/h3-6H,2,7-12H2,1H3,(H2,17,18,23). The molecule has 1 fully saturated rings. The summed E-state index contributed by atoms with van der Waals surface area (Å²) < 4.78 is 9.99. The fraction of sp³-hybridized carbons (Fsp3) is 0.500. The molecule has 2 rings (SSSR count). The molecule has 0 radical (unpaired) electrons. The van der Waals surface area contributed by atoms with E-state index in [-0.39, 0.29) is 5.97 Å². The molecule has 0 unspecified atom stereocenters. The van der Waals surface area contributed by atoms with Gasteiger partial charge in [-0.15, -0.1) is 0 Å². The zero-order valence-electron chi connectivity index (χ0n) is 13.3. The molecule has 1 heterocycles. The van der Waals surface area contributed by atoms with Crippen LogP contribution < -0.4 is 10.6 Å². The predicted molar refractivity (Wildman–Crippen MR) is 93.9 cm³/mol. The number of rotatable bonds is 6. The fourth-order valence-corrected chi connectivity index (χ4v) is 2.53. The molecular weight excluding hydrogens is 314 g/mol. The average Bonchev–Trinajstić information content (AvgIpc) is 2.59. The van der Waals surface area contributed by atoms with Crippen LogP contribution in [-0.2, 0) is 9.47 Å². The topological polar surface area (TPSA) is 62.8 Å². The Morgan fingerprint density at radius 1 is 1.30 bits per heavy atom. The fourth-order valence-electron chi connectivity index (χ4n) is 2.31. The lowest BCUT2D eigenvalue weighted by atomic mass is 10.2. The quantitative estimate of drug-likeness (QED) is 0.463. The summed E-state index contributed by atoms with van der Waals surface area (Å²) in [6.07, 6.45) is 1.03. The maximum atomic E-state index is 11.4. The smallest absolute Gasteiger partial charge is 0.337 e. The molecule has 0 aliphatic carbocycles. The monoisotopic (exact) mass is 337 g/mol. The van der Waals surface area contributed by atoms with Crippen molar-refractivity contribution in [1.82, 2.24) is 10.2 Å². The third-order valence-corrected chi connectivity index (χ3v) is 3.85. The molecule has 2 N–H and O–H groups in total. The number of esters is 1. The van der Waals surface area contributed by atoms with E-state index >= 15 is 0 Å². The average molecular weight is 337 g/mol. The van der Waals surface area contributed by atoms with Crippen molar-refractivity contribution in [1.29, 1.82) is 0 Å². The van der Waals surface area contributed by atoms with Gasteiger partial charge in [0.05, 0.1) is 25.9 Å². The molecule has 1 aliphatic heterocycles. The summed E-state index contributed by atoms with van der Waals surface area (Å²) in [7, 11) is 1.37. The van der Waals surface area contributed by atoms with Gasteiger partial charge in [-0.2, -0.15) is 0 Å². The summed E-state index contributed by atoms with van der Waals surface area (Å²) in [5.74, 6) is -0.347. The van der Waals surface area contributed by atoms with E-state index in [2.05, 4.69) is 20.3 Å². The minimum absolute atomic E-state index is 0.347. The van der Waals surface area contributed by atoms with E-state index in [0.29, 0.717) is 10.7 Å². The first kappa shape index (κ1) is 17.7. The number of hydrogen-bond acceptors (Lipinski definition) is 5. The van der Waals surface area contributed by atoms with Crippen molar-refractivity contribution in [3.63, 3.8) is 0 Å². The molecule has 126 valence electrons. The molecule has 1 aromatic carbocycles. The van der Waals surface area contributed by atoms with Crippen LogP contribution in [0.5, 0.6) is 0 Å². The third kappa shape index (κ3) is 6.13. The molecule has 0 spiro atoms. The molecule has 7 heteroatoms. The number of nitrogens with zero attached hydrogens (tertiary/aromatic N) is 1. The predicted octanol–water partition coefficient (Wildman–Crippen LogP) is 1.48. The van der Waals surface area contributed by atoms with E-state index in [4.69, 9.17) is 17.0 Å². The Kier molecular flexibility index (Phi) is 7.25. The van der Waals surface area contributed by atoms with Gasteiger partial charge in [0.2, 0.25) is 0 Å². The lowest BCUT2D eigenvalue weighted by Crippen LogP contribution is -2.38. The van der Waals surface area contributed by atoms with Gasteiger partial charge >= 0.3 is 5.97 Å². The van der Waals surface area contributed by atoms with Gasteiger partial charge in [-0.25, -0.2) is 4.79 Å². The Balaban J connectivity index is 1.65. The molecule has 0 amide bonds. The molecule has 0 aromatic heterocycles. The van der Waals surface area contributed by atoms with Gasteiger partial charge in [0.15, 0.2) is 5.11 Å². The Bertz CT molecular complexity index is 516. The highest BCUT2D eigenvalue weighted by molar-refractivity contribution is 7.80. The number of nitrogens with one attached hydrogen (secondary N) is 2. The minimum atomic E-state index is -0.347. The largest absolute Gasteiger partial charge is 0.465 e. The lowest BCUT2D eigenvalue weighted by molar-refractivity contribution is 0.0376. The van der Waals surface area contributed by atoms with Crippen molar-refractivity contribution in [3.05, 3.63) is 29.8 Å². The van der Waals surface area contributed by atoms with Crippen molar-refractivity contribution in [2.24, 2.45) is 0 Å². The molecule has 1 aromatic rings. The third-order valence-electron chi connectivity index (χ3n) is 3.60. The Morgan fingerprint density at radius 2 is 2.00 bits per heavy atom. The minimum Gasteiger partial charge on any atom is -0.465 e. The van der Waals surface area contributed by atoms with Gasteiger partial charge in [0.1, 0.15) is 0 Å². The molecule has 0 saturated carbocycles. The SMILES string of the molecule is COC(=O)c1ccc(NC(=S)NCCCN2CCOCC2)cc1. The van der Waals surface area contributed by atoms with Gasteiger partial charge in [0, 0.05) is 25.3 Å². The van der Waals surface area contributed by atoms with Crippen molar-refractivity contribution < 1.29 is 14.3 Å². The van der Waals surface area contributed by atoms with Crippen LogP contribution in [0.25, 0.3) is 0 Å². The Morgan fingerprint density at radius 3 is 2.65 bits per heavy atom. The molecule has 0 bridgehead atoms. The first-order valence-corrected chi connectivity index (χ1v) is 8.13. The summed E-state index contributed by atoms with van der Waals surface area (Å²) in [4.78, 5) is 13.8. The van der Waals surface area contributed by atoms with Crippen molar-refractivity contribution in [3.8, 4) is 0 Å². The number of carbonyl (C=O) groups is 1. The van der Waals surface area contributed by atoms with Crippen LogP contribution in [0, 0.1) is 0 Å². The highest BCUT2D eigenvalue weighted by atomic mass is 32.1. The van der Waals surface area contributed by atoms with Gasteiger partial charge in [0.25, 0.3) is 0 Å². The number of ether oxygens (including phenoxy) is 2. The first-order chi connectivity index (χ1) is 11.2. The van der Waals surface area contributed by atoms with Crippen LogP contribution in [0.4, 0.5) is 5.69 Å². The normalized spacial score (nSPS) is 15.0. The zero-order chi connectivity index (χ0) is 16.5. The number of methoxy groups -OCH3 is 1. The van der Waals surface area contributed by atoms with Crippen LogP contribution in [-0.4, -0.2) is 62.5 Å². The highest BCUT2D eigenvalue weighted by Crippen LogP contribution is 2.10. The van der Waals surface area contributed by atoms with Crippen LogP contribution >= 0.6 is 12.2 Å². The number of morpholine rings is 1. The van der Waals surface area contributed by atoms with Crippen molar-refractivity contribution in [2.75, 3.05) is 51.8 Å². The van der Waals surface area contributed by atoms with Gasteiger partial charge in [-0.3, -0.25) is 4.90 Å². The molecule has 1 saturated heterocycles. The van der Waals surface area contributed by atoms with Crippen LogP contribution in [0.3, 0.4) is 0 Å². The van der Waals surface area contributed by atoms with Crippen LogP contribution in [0.2, 0.25) is 0 Å². The summed E-state index contributed by atoms with van der Waals surface area (Å²) >= 11 is 5.27. The molecule has 23 heavy (non-hydrogen) atoms. The zero-order valence-corrected chi connectivity index (χ0v) is 14.2. The number of hydrogen-bond donors (Lipinski definition) is 2. The van der Waals surface area contributed by atoms with E-state index in [1.165, 1.54) is 7.11 Å². The lowest BCUT2D eigenvalue weighted by Gasteiger charge is -2.26. The molecular formula is C16H23N3O3S. The number of carbonyl (C=O) groups excluding carboxylic acids is 1. The molecule has 1 aliphatic rings. The summed E-state index contributed by atoms with van der Waals surface area (Å²) in [6.45, 7) is 5.55. The van der Waals surface area contributed by atoms with E-state index in [1.54, 1.807) is 24.3 Å². The maximum Gasteiger partial charge on any atom is 0.337 e. The maximum absolute atomic E-state index is 11.4. The second-order valence-electron chi connectivity index (χ2n) is 5.26. The van der Waals surface area contributed by atoms with E-state index in [1.807, 2.05) is 0 Å². The number of benzene rings is 1. The highest BCUT2D eigenvalue weighted by Gasteiger charge is 2.09. The van der Waals surface area contributed by atoms with Crippen molar-refractivity contribution >= 4 is 29.0 Å². The summed E-state index contributed by atoms with van der Waals surface area (Å²) in [5.41, 5.74) is 1.35. The molecule has 6 nitrogen and oxygen atoms in total. The van der Waals surface area contributed by atoms with E-state index in [0.717, 1.165) is 51.5 Å². The second-order valence-corrected chi connectivity index (χ2v) is 5.67. The number of thiocarbonyl (C=S) groups is 1. The molecule has 0 atom stereocenters. The Labute approximate surface area is 142 Å². The number of anilines is 1. The summed E-state index contributed by atoms with van der Waals surface area (Å²) in [5, 5.41) is 6.87. The van der Waals surface area contributed by atoms with E-state index in [9.17, 15) is 4.79 Å². The van der Waals surface area contributed by atoms with Crippen LogP contribution in [0.1, 0.15) is 16.8 Å². The van der Waals surface area contributed by atoms with Gasteiger partial charge in [-0.05, 0) is 49.4 Å². The van der Waals surface area contributed by atoms with Gasteiger partial charge < -0.3 is 20.1 Å². The second kappa shape index (κ2) is 9.44. The van der Waals surface area contributed by atoms with Gasteiger partial charge in [-0.1, -0.05) is 0 Å². The first-order valence-electron chi connectivity index (χ1n) is 7.72. The van der Waals surface area contributed by atoms with Crippen LogP contribution in [0.15, 0.2) is 24.3 Å². The summed E-state index contributed by atoms with van der Waals surface area (Å²) in [6, 6.07) is 7.01. The van der Waals surface area contributed by atoms with E-state index < -0.39 is 0 Å².